The number of anilines is 2. The molecule has 0 spiro atoms. The van der Waals surface area contributed by atoms with Crippen LogP contribution in [0.5, 0.6) is 11.5 Å². The maximum Gasteiger partial charge on any atom is 0.323 e. The topological polar surface area (TPSA) is 76.9 Å². The number of imidazole rings is 1. The number of hydrogen-bond donors (Lipinski definition) is 2. The molecule has 2 N–H and O–H groups in total. The van der Waals surface area contributed by atoms with Crippen LogP contribution in [-0.2, 0) is 0 Å². The van der Waals surface area contributed by atoms with E-state index in [1.54, 1.807) is 29.5 Å². The molecule has 2 aromatic carbocycles. The molecule has 4 aromatic rings. The van der Waals surface area contributed by atoms with E-state index < -0.39 is 6.03 Å². The van der Waals surface area contributed by atoms with Crippen molar-refractivity contribution in [3.63, 3.8) is 0 Å². The quantitative estimate of drug-likeness (QED) is 0.513. The van der Waals surface area contributed by atoms with Gasteiger partial charge in [-0.1, -0.05) is 18.2 Å². The van der Waals surface area contributed by atoms with Crippen LogP contribution in [0.1, 0.15) is 0 Å². The van der Waals surface area contributed by atoms with E-state index in [1.807, 2.05) is 46.4 Å². The Bertz CT molecular complexity index is 1080. The predicted molar refractivity (Wildman–Crippen MR) is 111 cm³/mol. The van der Waals surface area contributed by atoms with E-state index in [0.29, 0.717) is 22.9 Å². The molecule has 8 heteroatoms. The van der Waals surface area contributed by atoms with E-state index in [2.05, 4.69) is 15.6 Å². The Labute approximate surface area is 165 Å². The number of carbonyl (C=O) groups is 1. The number of nitrogens with one attached hydrogen (secondary N) is 2. The molecule has 0 fully saturated rings. The molecule has 4 rings (SSSR count). The number of nitrogens with zero attached hydrogens (tertiary/aromatic N) is 2. The Kier molecular flexibility index (Phi) is 4.86. The first-order valence-electron chi connectivity index (χ1n) is 8.49. The smallest absolute Gasteiger partial charge is 0.323 e. The largest absolute Gasteiger partial charge is 0.494 e. The van der Waals surface area contributed by atoms with Gasteiger partial charge in [-0.2, -0.15) is 0 Å². The number of amides is 2. The summed E-state index contributed by atoms with van der Waals surface area (Å²) in [6.07, 6.45) is 3.93. The molecule has 0 aliphatic rings. The van der Waals surface area contributed by atoms with Gasteiger partial charge < -0.3 is 20.1 Å². The SMILES string of the molecule is COc1cccc(OC)c1NC(=O)Nc1cccc(-c2cn3ccsc3n2)c1. The predicted octanol–water partition coefficient (Wildman–Crippen LogP) is 4.72. The zero-order valence-electron chi connectivity index (χ0n) is 15.3. The number of hydrogen-bond acceptors (Lipinski definition) is 5. The highest BCUT2D eigenvalue weighted by Crippen LogP contribution is 2.34. The van der Waals surface area contributed by atoms with Crippen molar-refractivity contribution in [3.05, 3.63) is 60.2 Å². The fourth-order valence-electron chi connectivity index (χ4n) is 2.87. The van der Waals surface area contributed by atoms with Crippen molar-refractivity contribution in [1.29, 1.82) is 0 Å². The van der Waals surface area contributed by atoms with E-state index in [-0.39, 0.29) is 0 Å². The fourth-order valence-corrected chi connectivity index (χ4v) is 3.57. The van der Waals surface area contributed by atoms with Gasteiger partial charge in [0.25, 0.3) is 0 Å². The summed E-state index contributed by atoms with van der Waals surface area (Å²) in [7, 11) is 3.08. The number of urea groups is 1. The summed E-state index contributed by atoms with van der Waals surface area (Å²) in [6.45, 7) is 0. The van der Waals surface area contributed by atoms with E-state index in [0.717, 1.165) is 16.2 Å². The Morgan fingerprint density at radius 2 is 1.82 bits per heavy atom. The molecule has 2 heterocycles. The second-order valence-corrected chi connectivity index (χ2v) is 6.79. The Balaban J connectivity index is 1.53. The summed E-state index contributed by atoms with van der Waals surface area (Å²) < 4.78 is 12.6. The molecule has 0 saturated heterocycles. The number of benzene rings is 2. The molecule has 0 atom stereocenters. The Morgan fingerprint density at radius 1 is 1.07 bits per heavy atom. The monoisotopic (exact) mass is 394 g/mol. The molecule has 0 bridgehead atoms. The minimum absolute atomic E-state index is 0.397. The number of para-hydroxylation sites is 1. The van der Waals surface area contributed by atoms with Crippen molar-refractivity contribution in [2.75, 3.05) is 24.9 Å². The van der Waals surface area contributed by atoms with Crippen LogP contribution in [0.25, 0.3) is 16.2 Å². The van der Waals surface area contributed by atoms with Crippen LogP contribution in [0.15, 0.2) is 60.2 Å². The summed E-state index contributed by atoms with van der Waals surface area (Å²) in [4.78, 5) is 18.0. The molecule has 142 valence electrons. The molecule has 0 aliphatic carbocycles. The van der Waals surface area contributed by atoms with Crippen LogP contribution in [0, 0.1) is 0 Å². The van der Waals surface area contributed by atoms with E-state index >= 15 is 0 Å². The maximum atomic E-state index is 12.5. The number of ether oxygens (including phenoxy) is 2. The second-order valence-electron chi connectivity index (χ2n) is 5.92. The van der Waals surface area contributed by atoms with Crippen molar-refractivity contribution >= 4 is 33.7 Å². The third-order valence-corrected chi connectivity index (χ3v) is 4.95. The van der Waals surface area contributed by atoms with Crippen LogP contribution in [0.2, 0.25) is 0 Å². The third kappa shape index (κ3) is 3.49. The number of carbonyl (C=O) groups excluding carboxylic acids is 1. The number of methoxy groups -OCH3 is 2. The minimum atomic E-state index is -0.397. The van der Waals surface area contributed by atoms with Crippen molar-refractivity contribution in [2.24, 2.45) is 0 Å². The van der Waals surface area contributed by atoms with Gasteiger partial charge in [-0.05, 0) is 24.3 Å². The van der Waals surface area contributed by atoms with Crippen LogP contribution in [-0.4, -0.2) is 29.6 Å². The first-order chi connectivity index (χ1) is 13.7. The molecule has 7 nitrogen and oxygen atoms in total. The number of rotatable bonds is 5. The van der Waals surface area contributed by atoms with Crippen LogP contribution in [0.3, 0.4) is 0 Å². The maximum absolute atomic E-state index is 12.5. The average molecular weight is 394 g/mol. The second kappa shape index (κ2) is 7.61. The van der Waals surface area contributed by atoms with Crippen LogP contribution < -0.4 is 20.1 Å². The standard InChI is InChI=1S/C20H18N4O3S/c1-26-16-7-4-8-17(27-2)18(16)23-19(25)21-14-6-3-5-13(11-14)15-12-24-9-10-28-20(24)22-15/h3-12H,1-2H3,(H2,21,23,25). The highest BCUT2D eigenvalue weighted by atomic mass is 32.1. The van der Waals surface area contributed by atoms with Crippen molar-refractivity contribution in [1.82, 2.24) is 9.38 Å². The van der Waals surface area contributed by atoms with Gasteiger partial charge in [-0.15, -0.1) is 11.3 Å². The van der Waals surface area contributed by atoms with Gasteiger partial charge in [0.15, 0.2) is 4.96 Å². The van der Waals surface area contributed by atoms with Gasteiger partial charge in [0, 0.05) is 29.0 Å². The number of aromatic nitrogens is 2. The minimum Gasteiger partial charge on any atom is -0.494 e. The lowest BCUT2D eigenvalue weighted by Gasteiger charge is -2.14. The number of fused-ring (bicyclic) bond motifs is 1. The van der Waals surface area contributed by atoms with Gasteiger partial charge in [-0.3, -0.25) is 4.40 Å². The molecule has 0 aliphatic heterocycles. The third-order valence-electron chi connectivity index (χ3n) is 4.18. The normalized spacial score (nSPS) is 10.6. The molecular formula is C20H18N4O3S. The van der Waals surface area contributed by atoms with Crippen LogP contribution >= 0.6 is 11.3 Å². The Hall–Kier alpha value is -3.52. The average Bonchev–Trinajstić information content (AvgIpc) is 3.30. The first-order valence-corrected chi connectivity index (χ1v) is 9.37. The summed E-state index contributed by atoms with van der Waals surface area (Å²) >= 11 is 1.57. The summed E-state index contributed by atoms with van der Waals surface area (Å²) in [5, 5.41) is 7.61. The highest BCUT2D eigenvalue weighted by Gasteiger charge is 2.13. The summed E-state index contributed by atoms with van der Waals surface area (Å²) in [5.41, 5.74) is 2.89. The van der Waals surface area contributed by atoms with Crippen molar-refractivity contribution in [2.45, 2.75) is 0 Å². The van der Waals surface area contributed by atoms with Gasteiger partial charge in [0.1, 0.15) is 17.2 Å². The zero-order valence-corrected chi connectivity index (χ0v) is 16.1. The van der Waals surface area contributed by atoms with Crippen molar-refractivity contribution < 1.29 is 14.3 Å². The Morgan fingerprint density at radius 3 is 2.54 bits per heavy atom. The van der Waals surface area contributed by atoms with Gasteiger partial charge in [0.05, 0.1) is 19.9 Å². The van der Waals surface area contributed by atoms with Gasteiger partial charge >= 0.3 is 6.03 Å². The molecular weight excluding hydrogens is 376 g/mol. The molecule has 0 radical (unpaired) electrons. The van der Waals surface area contributed by atoms with E-state index in [4.69, 9.17) is 9.47 Å². The molecule has 2 aromatic heterocycles. The molecule has 28 heavy (non-hydrogen) atoms. The van der Waals surface area contributed by atoms with Gasteiger partial charge in [0.2, 0.25) is 0 Å². The van der Waals surface area contributed by atoms with E-state index in [9.17, 15) is 4.79 Å². The lowest BCUT2D eigenvalue weighted by atomic mass is 10.1. The van der Waals surface area contributed by atoms with Crippen molar-refractivity contribution in [3.8, 4) is 22.8 Å². The summed E-state index contributed by atoms with van der Waals surface area (Å²) in [5.74, 6) is 1.03. The number of thiazole rings is 1. The highest BCUT2D eigenvalue weighted by molar-refractivity contribution is 7.15. The molecule has 0 saturated carbocycles. The zero-order chi connectivity index (χ0) is 19.5. The van der Waals surface area contributed by atoms with Gasteiger partial charge in [-0.25, -0.2) is 9.78 Å². The molecule has 0 unspecified atom stereocenters. The summed E-state index contributed by atoms with van der Waals surface area (Å²) in [6, 6.07) is 12.4. The fraction of sp³-hybridized carbons (Fsp3) is 0.100. The molecule has 2 amide bonds. The lowest BCUT2D eigenvalue weighted by Crippen LogP contribution is -2.20. The van der Waals surface area contributed by atoms with E-state index in [1.165, 1.54) is 14.2 Å². The lowest BCUT2D eigenvalue weighted by molar-refractivity contribution is 0.262. The first kappa shape index (κ1) is 17.9. The van der Waals surface area contributed by atoms with Crippen LogP contribution in [0.4, 0.5) is 16.2 Å².